The zero-order valence-corrected chi connectivity index (χ0v) is 22.0. The Kier molecular flexibility index (Phi) is 6.45. The van der Waals surface area contributed by atoms with Crippen molar-refractivity contribution < 1.29 is 23.7 Å². The molecule has 8 nitrogen and oxygen atoms in total. The van der Waals surface area contributed by atoms with Crippen LogP contribution in [0, 0.1) is 19.8 Å². The highest BCUT2D eigenvalue weighted by Gasteiger charge is 2.43. The topological polar surface area (TPSA) is 98.9 Å². The number of aromatic amines is 1. The van der Waals surface area contributed by atoms with Gasteiger partial charge in [0, 0.05) is 41.8 Å². The van der Waals surface area contributed by atoms with Crippen molar-refractivity contribution in [1.82, 2.24) is 10.3 Å². The van der Waals surface area contributed by atoms with Crippen molar-refractivity contribution in [3.8, 4) is 11.5 Å². The number of pyridine rings is 1. The van der Waals surface area contributed by atoms with Crippen molar-refractivity contribution in [2.24, 2.45) is 5.92 Å². The Balaban J connectivity index is 1.18. The normalized spacial score (nSPS) is 22.8. The van der Waals surface area contributed by atoms with Crippen molar-refractivity contribution in [2.75, 3.05) is 19.8 Å². The number of amides is 1. The molecule has 37 heavy (non-hydrogen) atoms. The molecule has 1 aromatic heterocycles. The average molecular weight is 529 g/mol. The van der Waals surface area contributed by atoms with E-state index < -0.39 is 5.79 Å². The van der Waals surface area contributed by atoms with Crippen LogP contribution in [0.1, 0.15) is 77.2 Å². The summed E-state index contributed by atoms with van der Waals surface area (Å²) in [6.07, 6.45) is 5.54. The predicted molar refractivity (Wildman–Crippen MR) is 138 cm³/mol. The lowest BCUT2D eigenvalue weighted by atomic mass is 9.81. The summed E-state index contributed by atoms with van der Waals surface area (Å²) in [5.74, 6) is 0.979. The van der Waals surface area contributed by atoms with Gasteiger partial charge in [0.2, 0.25) is 0 Å². The number of halogens is 1. The first kappa shape index (κ1) is 24.8. The van der Waals surface area contributed by atoms with Crippen LogP contribution in [0.15, 0.2) is 16.9 Å². The van der Waals surface area contributed by atoms with Gasteiger partial charge in [0.15, 0.2) is 17.3 Å². The summed E-state index contributed by atoms with van der Waals surface area (Å²) in [6, 6.07) is 3.64. The van der Waals surface area contributed by atoms with Crippen molar-refractivity contribution in [2.45, 2.75) is 76.7 Å². The van der Waals surface area contributed by atoms with E-state index in [2.05, 4.69) is 10.3 Å². The van der Waals surface area contributed by atoms with Gasteiger partial charge in [-0.05, 0) is 69.1 Å². The highest BCUT2D eigenvalue weighted by molar-refractivity contribution is 6.32. The fourth-order valence-corrected chi connectivity index (χ4v) is 6.23. The third kappa shape index (κ3) is 4.75. The molecular formula is C28H33ClN2O6. The van der Waals surface area contributed by atoms with Gasteiger partial charge < -0.3 is 29.2 Å². The monoisotopic (exact) mass is 528 g/mol. The van der Waals surface area contributed by atoms with Crippen LogP contribution in [0.3, 0.4) is 0 Å². The molecule has 1 spiro atoms. The van der Waals surface area contributed by atoms with E-state index in [9.17, 15) is 9.59 Å². The van der Waals surface area contributed by atoms with Crippen LogP contribution >= 0.6 is 11.6 Å². The summed E-state index contributed by atoms with van der Waals surface area (Å²) in [5.41, 5.74) is 3.43. The molecular weight excluding hydrogens is 496 g/mol. The van der Waals surface area contributed by atoms with Gasteiger partial charge in [0.1, 0.15) is 12.7 Å². The summed E-state index contributed by atoms with van der Waals surface area (Å²) in [4.78, 5) is 28.8. The van der Waals surface area contributed by atoms with Crippen LogP contribution in [0.5, 0.6) is 11.5 Å². The number of carbonyl (C=O) groups excluding carboxylic acids is 1. The van der Waals surface area contributed by atoms with Crippen LogP contribution in [0.2, 0.25) is 5.02 Å². The van der Waals surface area contributed by atoms with Crippen molar-refractivity contribution in [3.63, 3.8) is 0 Å². The number of hydrogen-bond acceptors (Lipinski definition) is 6. The number of aromatic nitrogens is 1. The second-order valence-electron chi connectivity index (χ2n) is 10.8. The van der Waals surface area contributed by atoms with Gasteiger partial charge in [-0.2, -0.15) is 0 Å². The van der Waals surface area contributed by atoms with E-state index in [-0.39, 0.29) is 24.1 Å². The minimum atomic E-state index is -0.424. The summed E-state index contributed by atoms with van der Waals surface area (Å²) in [7, 11) is 0. The van der Waals surface area contributed by atoms with Crippen molar-refractivity contribution in [1.29, 1.82) is 0 Å². The van der Waals surface area contributed by atoms with Gasteiger partial charge in [0.25, 0.3) is 11.5 Å². The molecule has 3 heterocycles. The smallest absolute Gasteiger partial charge is 0.253 e. The summed E-state index contributed by atoms with van der Waals surface area (Å²) in [5, 5.41) is 3.27. The molecule has 2 saturated carbocycles. The van der Waals surface area contributed by atoms with Crippen LogP contribution in [-0.4, -0.2) is 42.6 Å². The summed E-state index contributed by atoms with van der Waals surface area (Å²) in [6.45, 7) is 5.61. The van der Waals surface area contributed by atoms with Crippen molar-refractivity contribution in [3.05, 3.63) is 55.5 Å². The lowest BCUT2D eigenvalue weighted by molar-refractivity contribution is -0.187. The summed E-state index contributed by atoms with van der Waals surface area (Å²) < 4.78 is 24.2. The molecule has 2 aromatic rings. The fourth-order valence-electron chi connectivity index (χ4n) is 5.98. The van der Waals surface area contributed by atoms with E-state index in [4.69, 9.17) is 30.5 Å². The maximum absolute atomic E-state index is 13.3. The second-order valence-corrected chi connectivity index (χ2v) is 11.2. The van der Waals surface area contributed by atoms with E-state index in [1.54, 1.807) is 6.07 Å². The third-order valence-corrected chi connectivity index (χ3v) is 8.50. The molecule has 1 aromatic carbocycles. The zero-order chi connectivity index (χ0) is 25.7. The van der Waals surface area contributed by atoms with E-state index in [0.717, 1.165) is 49.8 Å². The standard InChI is InChI=1S/C28H33ClN2O6/c1-15-11-20(17-3-4-17)21(27(33)31-15)13-30-26(32)19-12-22(29)25-24(16(19)2)37-23(14-34-25)18-5-7-28(8-6-18)35-9-10-36-28/h11-12,17-18,23H,3-10,13-14H2,1-2H3,(H,30,32)(H,31,33)/t23-/m1/s1. The second kappa shape index (κ2) is 9.64. The summed E-state index contributed by atoms with van der Waals surface area (Å²) >= 11 is 6.54. The van der Waals surface area contributed by atoms with E-state index in [0.29, 0.717) is 64.9 Å². The van der Waals surface area contributed by atoms with Gasteiger partial charge in [-0.1, -0.05) is 11.6 Å². The Labute approximate surface area is 221 Å². The number of H-pyrrole nitrogens is 1. The van der Waals surface area contributed by atoms with Gasteiger partial charge in [-0.15, -0.1) is 0 Å². The molecule has 1 saturated heterocycles. The van der Waals surface area contributed by atoms with Gasteiger partial charge in [-0.3, -0.25) is 9.59 Å². The van der Waals surface area contributed by atoms with Gasteiger partial charge in [-0.25, -0.2) is 0 Å². The third-order valence-electron chi connectivity index (χ3n) is 8.22. The van der Waals surface area contributed by atoms with Crippen LogP contribution in [-0.2, 0) is 16.0 Å². The van der Waals surface area contributed by atoms with Crippen LogP contribution in [0.4, 0.5) is 0 Å². The van der Waals surface area contributed by atoms with Crippen molar-refractivity contribution >= 4 is 17.5 Å². The highest BCUT2D eigenvalue weighted by Crippen LogP contribution is 2.46. The molecule has 1 amide bonds. The van der Waals surface area contributed by atoms with Crippen LogP contribution < -0.4 is 20.3 Å². The molecule has 0 unspecified atom stereocenters. The Hall–Kier alpha value is -2.55. The number of nitrogens with one attached hydrogen (secondary N) is 2. The Bertz CT molecular complexity index is 1270. The molecule has 198 valence electrons. The number of carbonyl (C=O) groups is 1. The first-order valence-corrected chi connectivity index (χ1v) is 13.6. The van der Waals surface area contributed by atoms with Gasteiger partial charge in [0.05, 0.1) is 18.2 Å². The van der Waals surface area contributed by atoms with E-state index >= 15 is 0 Å². The number of ether oxygens (including phenoxy) is 4. The molecule has 2 N–H and O–H groups in total. The minimum absolute atomic E-state index is 0.133. The minimum Gasteiger partial charge on any atom is -0.484 e. The Morgan fingerprint density at radius 3 is 2.54 bits per heavy atom. The maximum atomic E-state index is 13.3. The van der Waals surface area contributed by atoms with Gasteiger partial charge >= 0.3 is 0 Å². The average Bonchev–Trinajstić information content (AvgIpc) is 3.65. The lowest BCUT2D eigenvalue weighted by Crippen LogP contribution is -2.43. The largest absolute Gasteiger partial charge is 0.484 e. The fraction of sp³-hybridized carbons (Fsp3) is 0.571. The highest BCUT2D eigenvalue weighted by atomic mass is 35.5. The molecule has 3 fully saturated rings. The SMILES string of the molecule is Cc1cc(C2CC2)c(CNC(=O)c2cc(Cl)c3c(c2C)O[C@@H](C2CCC4(CC2)OCCO4)CO3)c(=O)[nH]1. The number of rotatable bonds is 5. The van der Waals surface area contributed by atoms with E-state index in [1.807, 2.05) is 19.9 Å². The molecule has 0 bridgehead atoms. The molecule has 6 rings (SSSR count). The molecule has 1 atom stereocenters. The quantitative estimate of drug-likeness (QED) is 0.592. The molecule has 9 heteroatoms. The van der Waals surface area contributed by atoms with Crippen LogP contribution in [0.25, 0.3) is 0 Å². The molecule has 2 aliphatic carbocycles. The molecule has 2 aliphatic heterocycles. The van der Waals surface area contributed by atoms with E-state index in [1.165, 1.54) is 0 Å². The maximum Gasteiger partial charge on any atom is 0.253 e. The Morgan fingerprint density at radius 1 is 1.11 bits per heavy atom. The number of aryl methyl sites for hydroxylation is 1. The Morgan fingerprint density at radius 2 is 1.84 bits per heavy atom. The lowest BCUT2D eigenvalue weighted by Gasteiger charge is -2.40. The first-order chi connectivity index (χ1) is 17.8. The number of fused-ring (bicyclic) bond motifs is 1. The molecule has 4 aliphatic rings. The predicted octanol–water partition coefficient (Wildman–Crippen LogP) is 4.53. The molecule has 0 radical (unpaired) electrons. The number of benzene rings is 1. The number of hydrogen-bond donors (Lipinski definition) is 2. The first-order valence-electron chi connectivity index (χ1n) is 13.2. The zero-order valence-electron chi connectivity index (χ0n) is 21.3.